The summed E-state index contributed by atoms with van der Waals surface area (Å²) in [5.41, 5.74) is -0.455. The van der Waals surface area contributed by atoms with Gasteiger partial charge < -0.3 is 19.2 Å². The Balaban J connectivity index is 1.68. The van der Waals surface area contributed by atoms with Gasteiger partial charge in [0.1, 0.15) is 30.5 Å². The van der Waals surface area contributed by atoms with Crippen LogP contribution >= 0.6 is 11.6 Å². The third kappa shape index (κ3) is 6.16. The van der Waals surface area contributed by atoms with Crippen molar-refractivity contribution in [3.8, 4) is 11.5 Å². The molecule has 3 aromatic rings. The van der Waals surface area contributed by atoms with E-state index in [1.807, 2.05) is 0 Å². The second kappa shape index (κ2) is 9.90. The number of amides is 1. The van der Waals surface area contributed by atoms with Crippen LogP contribution in [0.25, 0.3) is 0 Å². The number of anilines is 1. The molecular formula is C20H15ClF2N2O6. The fraction of sp³-hybridized carbons (Fsp3) is 0.150. The van der Waals surface area contributed by atoms with Crippen LogP contribution in [-0.2, 0) is 6.61 Å². The molecule has 11 heteroatoms. The quantitative estimate of drug-likeness (QED) is 0.348. The van der Waals surface area contributed by atoms with Crippen molar-refractivity contribution in [3.05, 3.63) is 81.3 Å². The predicted molar refractivity (Wildman–Crippen MR) is 107 cm³/mol. The first-order chi connectivity index (χ1) is 14.8. The zero-order chi connectivity index (χ0) is 22.4. The van der Waals surface area contributed by atoms with Gasteiger partial charge in [-0.15, -0.1) is 0 Å². The topological polar surface area (TPSA) is 104 Å². The van der Waals surface area contributed by atoms with Gasteiger partial charge in [-0.3, -0.25) is 14.9 Å². The van der Waals surface area contributed by atoms with E-state index in [-0.39, 0.29) is 23.8 Å². The summed E-state index contributed by atoms with van der Waals surface area (Å²) in [5.74, 6) is -0.189. The first-order valence-corrected chi connectivity index (χ1v) is 9.17. The Bertz CT molecular complexity index is 1090. The van der Waals surface area contributed by atoms with Gasteiger partial charge in [-0.2, -0.15) is 0 Å². The number of benzene rings is 2. The number of hydrogen-bond acceptors (Lipinski definition) is 6. The summed E-state index contributed by atoms with van der Waals surface area (Å²) in [6.07, 6.45) is -2.76. The SMILES string of the molecule is O=C(Nc1cc(OCC(F)F)cc([N+](=O)[O-])c1)c1ccc(COc2ccccc2Cl)o1. The van der Waals surface area contributed by atoms with Crippen molar-refractivity contribution in [1.82, 2.24) is 0 Å². The fourth-order valence-corrected chi connectivity index (χ4v) is 2.67. The van der Waals surface area contributed by atoms with Crippen molar-refractivity contribution in [2.24, 2.45) is 0 Å². The van der Waals surface area contributed by atoms with Crippen molar-refractivity contribution in [2.45, 2.75) is 13.0 Å². The van der Waals surface area contributed by atoms with E-state index in [0.29, 0.717) is 16.5 Å². The summed E-state index contributed by atoms with van der Waals surface area (Å²) >= 11 is 6.00. The summed E-state index contributed by atoms with van der Waals surface area (Å²) < 4.78 is 40.5. The second-order valence-corrected chi connectivity index (χ2v) is 6.52. The number of carbonyl (C=O) groups excluding carboxylic acids is 1. The van der Waals surface area contributed by atoms with Gasteiger partial charge in [0.15, 0.2) is 5.76 Å². The molecule has 0 aliphatic rings. The van der Waals surface area contributed by atoms with E-state index in [1.165, 1.54) is 18.2 Å². The van der Waals surface area contributed by atoms with E-state index >= 15 is 0 Å². The van der Waals surface area contributed by atoms with Crippen molar-refractivity contribution in [1.29, 1.82) is 0 Å². The number of para-hydroxylation sites is 1. The van der Waals surface area contributed by atoms with Crippen LogP contribution < -0.4 is 14.8 Å². The zero-order valence-electron chi connectivity index (χ0n) is 15.7. The number of nitrogens with one attached hydrogen (secondary N) is 1. The largest absolute Gasteiger partial charge is 0.487 e. The monoisotopic (exact) mass is 452 g/mol. The molecule has 3 rings (SSSR count). The van der Waals surface area contributed by atoms with Crippen LogP contribution in [0, 0.1) is 10.1 Å². The Morgan fingerprint density at radius 2 is 1.94 bits per heavy atom. The van der Waals surface area contributed by atoms with Gasteiger partial charge in [0.25, 0.3) is 18.0 Å². The first kappa shape index (κ1) is 22.0. The summed E-state index contributed by atoms with van der Waals surface area (Å²) in [6, 6.07) is 13.0. The van der Waals surface area contributed by atoms with Gasteiger partial charge in [0.05, 0.1) is 21.7 Å². The van der Waals surface area contributed by atoms with Crippen LogP contribution in [0.4, 0.5) is 20.2 Å². The smallest absolute Gasteiger partial charge is 0.291 e. The second-order valence-electron chi connectivity index (χ2n) is 6.11. The van der Waals surface area contributed by atoms with Gasteiger partial charge >= 0.3 is 0 Å². The molecule has 0 saturated carbocycles. The number of rotatable bonds is 9. The highest BCUT2D eigenvalue weighted by Gasteiger charge is 2.17. The molecule has 1 amide bonds. The van der Waals surface area contributed by atoms with Crippen LogP contribution in [0.15, 0.2) is 59.0 Å². The number of carbonyl (C=O) groups is 1. The normalized spacial score (nSPS) is 10.7. The van der Waals surface area contributed by atoms with Gasteiger partial charge in [-0.25, -0.2) is 8.78 Å². The van der Waals surface area contributed by atoms with Crippen LogP contribution in [0.3, 0.4) is 0 Å². The van der Waals surface area contributed by atoms with Gasteiger partial charge in [-0.05, 0) is 24.3 Å². The molecule has 0 bridgehead atoms. The number of halogens is 3. The number of nitrogens with zero attached hydrogens (tertiary/aromatic N) is 1. The van der Waals surface area contributed by atoms with E-state index in [4.69, 9.17) is 25.5 Å². The molecule has 31 heavy (non-hydrogen) atoms. The van der Waals surface area contributed by atoms with Crippen LogP contribution in [0.5, 0.6) is 11.5 Å². The van der Waals surface area contributed by atoms with Gasteiger partial charge in [0, 0.05) is 12.1 Å². The Hall–Kier alpha value is -3.66. The maximum atomic E-state index is 12.4. The average Bonchev–Trinajstić information content (AvgIpc) is 3.21. The zero-order valence-corrected chi connectivity index (χ0v) is 16.5. The molecule has 0 aliphatic carbocycles. The lowest BCUT2D eigenvalue weighted by Crippen LogP contribution is -2.12. The van der Waals surface area contributed by atoms with E-state index in [9.17, 15) is 23.7 Å². The number of nitro groups is 1. The minimum Gasteiger partial charge on any atom is -0.487 e. The molecule has 0 atom stereocenters. The maximum Gasteiger partial charge on any atom is 0.291 e. The lowest BCUT2D eigenvalue weighted by Gasteiger charge is -2.09. The maximum absolute atomic E-state index is 12.4. The number of alkyl halides is 2. The molecule has 1 heterocycles. The highest BCUT2D eigenvalue weighted by molar-refractivity contribution is 6.32. The summed E-state index contributed by atoms with van der Waals surface area (Å²) in [7, 11) is 0. The molecule has 0 saturated heterocycles. The Labute approximate surface area is 179 Å². The predicted octanol–water partition coefficient (Wildman–Crippen LogP) is 5.32. The van der Waals surface area contributed by atoms with E-state index < -0.39 is 29.6 Å². The summed E-state index contributed by atoms with van der Waals surface area (Å²) in [4.78, 5) is 22.7. The number of ether oxygens (including phenoxy) is 2. The van der Waals surface area contributed by atoms with Crippen LogP contribution in [-0.4, -0.2) is 23.9 Å². The van der Waals surface area contributed by atoms with Crippen LogP contribution in [0.2, 0.25) is 5.02 Å². The number of non-ortho nitro benzene ring substituents is 1. The summed E-state index contributed by atoms with van der Waals surface area (Å²) in [6.45, 7) is -0.930. The number of hydrogen-bond donors (Lipinski definition) is 1. The standard InChI is InChI=1S/C20H15ClF2N2O6/c21-16-3-1-2-4-17(16)30-10-14-5-6-18(31-14)20(26)24-12-7-13(25(27)28)9-15(8-12)29-11-19(22)23/h1-9,19H,10-11H2,(H,24,26). The van der Waals surface area contributed by atoms with E-state index in [0.717, 1.165) is 12.1 Å². The minimum atomic E-state index is -2.76. The highest BCUT2D eigenvalue weighted by atomic mass is 35.5. The number of nitro benzene ring substituents is 1. The molecule has 1 aromatic heterocycles. The lowest BCUT2D eigenvalue weighted by atomic mass is 10.2. The molecule has 0 spiro atoms. The Morgan fingerprint density at radius 1 is 1.16 bits per heavy atom. The van der Waals surface area contributed by atoms with Gasteiger partial charge in [-0.1, -0.05) is 23.7 Å². The lowest BCUT2D eigenvalue weighted by molar-refractivity contribution is -0.384. The molecule has 0 unspecified atom stereocenters. The third-order valence-electron chi connectivity index (χ3n) is 3.83. The third-order valence-corrected chi connectivity index (χ3v) is 4.14. The van der Waals surface area contributed by atoms with Crippen molar-refractivity contribution < 1.29 is 32.4 Å². The fourth-order valence-electron chi connectivity index (χ4n) is 2.48. The summed E-state index contributed by atoms with van der Waals surface area (Å²) in [5, 5.41) is 13.9. The molecule has 8 nitrogen and oxygen atoms in total. The molecule has 0 radical (unpaired) electrons. The average molecular weight is 453 g/mol. The molecule has 0 fully saturated rings. The molecule has 2 aromatic carbocycles. The minimum absolute atomic E-state index is 0.0133. The van der Waals surface area contributed by atoms with E-state index in [2.05, 4.69) is 5.32 Å². The van der Waals surface area contributed by atoms with E-state index in [1.54, 1.807) is 24.3 Å². The Kier molecular flexibility index (Phi) is 7.03. The van der Waals surface area contributed by atoms with Crippen LogP contribution in [0.1, 0.15) is 16.3 Å². The molecule has 162 valence electrons. The molecule has 1 N–H and O–H groups in total. The number of furan rings is 1. The van der Waals surface area contributed by atoms with Crippen molar-refractivity contribution in [2.75, 3.05) is 11.9 Å². The highest BCUT2D eigenvalue weighted by Crippen LogP contribution is 2.27. The Morgan fingerprint density at radius 3 is 2.65 bits per heavy atom. The molecule has 0 aliphatic heterocycles. The first-order valence-electron chi connectivity index (χ1n) is 8.79. The molecular weight excluding hydrogens is 438 g/mol. The van der Waals surface area contributed by atoms with Crippen molar-refractivity contribution in [3.63, 3.8) is 0 Å². The van der Waals surface area contributed by atoms with Gasteiger partial charge in [0.2, 0.25) is 0 Å². The van der Waals surface area contributed by atoms with Crippen molar-refractivity contribution >= 4 is 28.9 Å².